The Morgan fingerprint density at radius 2 is 1.34 bits per heavy atom. The number of benzene rings is 2. The maximum Gasteiger partial charge on any atom is 0.343 e. The average molecular weight is 432 g/mol. The van der Waals surface area contributed by atoms with Crippen molar-refractivity contribution in [3.8, 4) is 11.5 Å². The highest BCUT2D eigenvalue weighted by Crippen LogP contribution is 2.36. The maximum atomic E-state index is 12.5. The molecular weight excluding hydrogens is 420 g/mol. The molecule has 0 atom stereocenters. The number of aliphatic hydroxyl groups excluding tert-OH is 1. The van der Waals surface area contributed by atoms with Crippen molar-refractivity contribution in [2.75, 3.05) is 0 Å². The Morgan fingerprint density at radius 1 is 0.793 bits per heavy atom. The highest BCUT2D eigenvalue weighted by atomic mass is 32.2. The molecule has 8 nitrogen and oxygen atoms in total. The average Bonchev–Trinajstić information content (AvgIpc) is 2.65. The number of para-hydroxylation sites is 2. The lowest BCUT2D eigenvalue weighted by atomic mass is 10.1. The predicted molar refractivity (Wildman–Crippen MR) is 103 cm³/mol. The van der Waals surface area contributed by atoms with Crippen LogP contribution in [-0.2, 0) is 20.2 Å². The number of hydrogen-bond donors (Lipinski definition) is 1. The van der Waals surface area contributed by atoms with Crippen LogP contribution in [0.4, 0.5) is 0 Å². The van der Waals surface area contributed by atoms with Crippen molar-refractivity contribution in [1.82, 2.24) is 0 Å². The lowest BCUT2D eigenvalue weighted by Gasteiger charge is -2.18. The van der Waals surface area contributed by atoms with Crippen LogP contribution in [0.5, 0.6) is 11.5 Å². The Morgan fingerprint density at radius 3 is 2.03 bits per heavy atom. The second-order valence-corrected chi connectivity index (χ2v) is 9.03. The third-order valence-electron chi connectivity index (χ3n) is 4.16. The number of carbonyl (C=O) groups excluding carboxylic acids is 1. The Labute approximate surface area is 166 Å². The minimum atomic E-state index is -4.38. The van der Waals surface area contributed by atoms with Crippen LogP contribution in [0.2, 0.25) is 0 Å². The van der Waals surface area contributed by atoms with Gasteiger partial charge in [-0.15, -0.1) is 0 Å². The molecule has 4 rings (SSSR count). The van der Waals surface area contributed by atoms with E-state index in [1.165, 1.54) is 30.3 Å². The zero-order valence-electron chi connectivity index (χ0n) is 14.5. The van der Waals surface area contributed by atoms with Crippen molar-refractivity contribution in [3.63, 3.8) is 0 Å². The summed E-state index contributed by atoms with van der Waals surface area (Å²) in [6.07, 6.45) is 2.86. The largest absolute Gasteiger partial charge is 0.506 e. The Hall–Kier alpha value is -3.37. The molecule has 2 aliphatic heterocycles. The normalized spacial score (nSPS) is 20.7. The van der Waals surface area contributed by atoms with Crippen molar-refractivity contribution in [2.45, 2.75) is 0 Å². The topological polar surface area (TPSA) is 124 Å². The highest BCUT2D eigenvalue weighted by Gasteiger charge is 2.35. The molecule has 10 heteroatoms. The van der Waals surface area contributed by atoms with E-state index in [4.69, 9.17) is 8.37 Å². The lowest BCUT2D eigenvalue weighted by Crippen LogP contribution is -2.25. The zero-order valence-corrected chi connectivity index (χ0v) is 16.1. The standard InChI is InChI=1S/C19H12O8S2/c20-18-12-6-1-3-8-14(12)26-28(22,23)16(18)10-5-11-17-19(21)13-7-2-4-9-15(13)27-29(17,24)25/h1-11,20H. The number of aliphatic hydroxyl groups is 1. The molecular formula is C19H12O8S2. The second kappa shape index (κ2) is 6.61. The number of Topliss-reactive ketones (excluding diaryl/α,β-unsaturated/α-hetero) is 1. The third kappa shape index (κ3) is 3.22. The summed E-state index contributed by atoms with van der Waals surface area (Å²) in [7, 11) is -8.71. The second-order valence-electron chi connectivity index (χ2n) is 6.00. The minimum Gasteiger partial charge on any atom is -0.506 e. The lowest BCUT2D eigenvalue weighted by molar-refractivity contribution is 0.103. The van der Waals surface area contributed by atoms with Gasteiger partial charge in [-0.3, -0.25) is 4.79 Å². The van der Waals surface area contributed by atoms with Crippen molar-refractivity contribution >= 4 is 31.8 Å². The number of carbonyl (C=O) groups is 1. The molecule has 0 fully saturated rings. The molecule has 0 radical (unpaired) electrons. The molecule has 0 spiro atoms. The molecule has 0 aromatic heterocycles. The molecule has 0 saturated heterocycles. The summed E-state index contributed by atoms with van der Waals surface area (Å²) in [6, 6.07) is 11.8. The summed E-state index contributed by atoms with van der Waals surface area (Å²) in [4.78, 5) is 11.3. The first-order valence-corrected chi connectivity index (χ1v) is 11.0. The van der Waals surface area contributed by atoms with Crippen LogP contribution < -0.4 is 8.37 Å². The van der Waals surface area contributed by atoms with Gasteiger partial charge in [0.15, 0.2) is 16.4 Å². The van der Waals surface area contributed by atoms with E-state index in [-0.39, 0.29) is 22.6 Å². The molecule has 2 heterocycles. The van der Waals surface area contributed by atoms with Gasteiger partial charge in [-0.2, -0.15) is 16.8 Å². The summed E-state index contributed by atoms with van der Waals surface area (Å²) >= 11 is 0. The van der Waals surface area contributed by atoms with Crippen LogP contribution in [0, 0.1) is 0 Å². The van der Waals surface area contributed by atoms with E-state index in [0.29, 0.717) is 0 Å². The molecule has 2 aromatic carbocycles. The van der Waals surface area contributed by atoms with Crippen LogP contribution in [0.25, 0.3) is 5.76 Å². The van der Waals surface area contributed by atoms with Gasteiger partial charge in [0.05, 0.1) is 11.1 Å². The van der Waals surface area contributed by atoms with Gasteiger partial charge in [0.1, 0.15) is 10.7 Å². The summed E-state index contributed by atoms with van der Waals surface area (Å²) in [5.74, 6) is -1.46. The molecule has 0 bridgehead atoms. The molecule has 0 saturated carbocycles. The van der Waals surface area contributed by atoms with E-state index in [9.17, 15) is 26.7 Å². The third-order valence-corrected chi connectivity index (χ3v) is 6.69. The van der Waals surface area contributed by atoms with Crippen LogP contribution in [0.15, 0.2) is 76.6 Å². The van der Waals surface area contributed by atoms with E-state index in [1.54, 1.807) is 18.2 Å². The fraction of sp³-hybridized carbons (Fsp3) is 0. The first-order chi connectivity index (χ1) is 13.7. The molecule has 0 amide bonds. The Balaban J connectivity index is 1.77. The highest BCUT2D eigenvalue weighted by molar-refractivity contribution is 7.92. The smallest absolute Gasteiger partial charge is 0.343 e. The van der Waals surface area contributed by atoms with Crippen molar-refractivity contribution in [2.24, 2.45) is 0 Å². The number of hydrogen-bond acceptors (Lipinski definition) is 8. The van der Waals surface area contributed by atoms with Gasteiger partial charge in [-0.05, 0) is 36.4 Å². The molecule has 29 heavy (non-hydrogen) atoms. The fourth-order valence-corrected chi connectivity index (χ4v) is 4.95. The molecule has 0 unspecified atom stereocenters. The van der Waals surface area contributed by atoms with Gasteiger partial charge in [0.25, 0.3) is 0 Å². The van der Waals surface area contributed by atoms with Gasteiger partial charge in [0.2, 0.25) is 5.78 Å². The number of ketones is 1. The maximum absolute atomic E-state index is 12.5. The van der Waals surface area contributed by atoms with Gasteiger partial charge < -0.3 is 13.5 Å². The van der Waals surface area contributed by atoms with Crippen molar-refractivity contribution in [1.29, 1.82) is 0 Å². The van der Waals surface area contributed by atoms with E-state index < -0.39 is 41.6 Å². The van der Waals surface area contributed by atoms with Crippen LogP contribution in [-0.4, -0.2) is 27.7 Å². The molecule has 0 aliphatic carbocycles. The van der Waals surface area contributed by atoms with E-state index >= 15 is 0 Å². The molecule has 1 N–H and O–H groups in total. The molecule has 148 valence electrons. The van der Waals surface area contributed by atoms with E-state index in [2.05, 4.69) is 0 Å². The summed E-state index contributed by atoms with van der Waals surface area (Å²) in [5.41, 5.74) is 0.222. The van der Waals surface area contributed by atoms with Gasteiger partial charge >= 0.3 is 20.2 Å². The van der Waals surface area contributed by atoms with Gasteiger partial charge in [-0.1, -0.05) is 30.3 Å². The first-order valence-electron chi connectivity index (χ1n) is 8.14. The summed E-state index contributed by atoms with van der Waals surface area (Å²) < 4.78 is 58.9. The SMILES string of the molecule is O=C1C(=CC=CC2=C(O)c3ccccc3OS2(=O)=O)S(=O)(=O)Oc2ccccc21. The zero-order chi connectivity index (χ0) is 20.8. The van der Waals surface area contributed by atoms with E-state index in [0.717, 1.165) is 18.2 Å². The number of allylic oxidation sites excluding steroid dienone is 4. The van der Waals surface area contributed by atoms with Crippen LogP contribution in [0.1, 0.15) is 15.9 Å². The fourth-order valence-electron chi connectivity index (χ4n) is 2.83. The molecule has 2 aromatic rings. The minimum absolute atomic E-state index is 0.0319. The predicted octanol–water partition coefficient (Wildman–Crippen LogP) is 2.68. The Bertz CT molecular complexity index is 1350. The Kier molecular flexibility index (Phi) is 4.32. The quantitative estimate of drug-likeness (QED) is 0.567. The molecule has 2 aliphatic rings. The monoisotopic (exact) mass is 432 g/mol. The summed E-state index contributed by atoms with van der Waals surface area (Å²) in [6.45, 7) is 0. The van der Waals surface area contributed by atoms with Gasteiger partial charge in [0, 0.05) is 0 Å². The van der Waals surface area contributed by atoms with Gasteiger partial charge in [-0.25, -0.2) is 0 Å². The van der Waals surface area contributed by atoms with Crippen molar-refractivity contribution < 1.29 is 35.1 Å². The summed E-state index contributed by atoms with van der Waals surface area (Å²) in [5, 5.41) is 10.3. The number of fused-ring (bicyclic) bond motifs is 2. The van der Waals surface area contributed by atoms with E-state index in [1.807, 2.05) is 0 Å². The first kappa shape index (κ1) is 19.0. The number of rotatable bonds is 2. The van der Waals surface area contributed by atoms with Crippen molar-refractivity contribution in [3.05, 3.63) is 87.7 Å². The van der Waals surface area contributed by atoms with Crippen LogP contribution >= 0.6 is 0 Å². The van der Waals surface area contributed by atoms with Crippen LogP contribution in [0.3, 0.4) is 0 Å².